The van der Waals surface area contributed by atoms with Crippen molar-refractivity contribution in [3.8, 4) is 5.75 Å². The molecule has 33 heavy (non-hydrogen) atoms. The first kappa shape index (κ1) is 24.9. The normalized spacial score (nSPS) is 14.7. The Kier molecular flexibility index (Phi) is 9.01. The molecular formula is C26H34ClN3O3. The number of benzene rings is 2. The predicted octanol–water partition coefficient (Wildman–Crippen LogP) is 5.32. The molecule has 1 N–H and O–H groups in total. The van der Waals surface area contributed by atoms with Crippen LogP contribution in [0.15, 0.2) is 42.5 Å². The summed E-state index contributed by atoms with van der Waals surface area (Å²) in [4.78, 5) is 28.5. The van der Waals surface area contributed by atoms with Gasteiger partial charge in [-0.05, 0) is 54.7 Å². The van der Waals surface area contributed by atoms with Crippen molar-refractivity contribution in [2.45, 2.75) is 46.0 Å². The van der Waals surface area contributed by atoms with E-state index in [4.69, 9.17) is 16.3 Å². The first-order valence-corrected chi connectivity index (χ1v) is 12.1. The van der Waals surface area contributed by atoms with Crippen LogP contribution in [0.3, 0.4) is 0 Å². The van der Waals surface area contributed by atoms with Gasteiger partial charge in [0.2, 0.25) is 5.91 Å². The van der Waals surface area contributed by atoms with Crippen LogP contribution in [-0.2, 0) is 9.59 Å². The molecule has 2 amide bonds. The van der Waals surface area contributed by atoms with Crippen molar-refractivity contribution in [2.75, 3.05) is 43.0 Å². The Bertz CT molecular complexity index is 940. The summed E-state index contributed by atoms with van der Waals surface area (Å²) in [5.74, 6) is 1.15. The number of nitrogens with zero attached hydrogens (tertiary/aromatic N) is 2. The van der Waals surface area contributed by atoms with Crippen LogP contribution in [0.5, 0.6) is 5.75 Å². The second-order valence-electron chi connectivity index (χ2n) is 8.50. The number of nitrogens with one attached hydrogen (secondary N) is 1. The van der Waals surface area contributed by atoms with E-state index >= 15 is 0 Å². The van der Waals surface area contributed by atoms with Crippen molar-refractivity contribution in [1.29, 1.82) is 0 Å². The summed E-state index contributed by atoms with van der Waals surface area (Å²) in [6.45, 7) is 9.17. The van der Waals surface area contributed by atoms with E-state index in [9.17, 15) is 9.59 Å². The predicted molar refractivity (Wildman–Crippen MR) is 134 cm³/mol. The van der Waals surface area contributed by atoms with Gasteiger partial charge in [0, 0.05) is 38.3 Å². The Morgan fingerprint density at radius 1 is 1.06 bits per heavy atom. The van der Waals surface area contributed by atoms with Crippen LogP contribution in [0.2, 0.25) is 5.02 Å². The van der Waals surface area contributed by atoms with Gasteiger partial charge in [-0.1, -0.05) is 44.5 Å². The van der Waals surface area contributed by atoms with Gasteiger partial charge in [0.25, 0.3) is 5.91 Å². The Morgan fingerprint density at radius 2 is 1.76 bits per heavy atom. The maximum atomic E-state index is 12.3. The van der Waals surface area contributed by atoms with Crippen molar-refractivity contribution in [3.05, 3.63) is 53.1 Å². The zero-order valence-corrected chi connectivity index (χ0v) is 20.5. The maximum absolute atomic E-state index is 12.3. The molecule has 0 unspecified atom stereocenters. The number of piperazine rings is 1. The third-order valence-corrected chi connectivity index (χ3v) is 6.40. The molecule has 0 bridgehead atoms. The lowest BCUT2D eigenvalue weighted by Gasteiger charge is -2.36. The van der Waals surface area contributed by atoms with Crippen LogP contribution in [0.1, 0.15) is 51.5 Å². The van der Waals surface area contributed by atoms with Crippen LogP contribution in [0, 0.1) is 0 Å². The molecule has 178 valence electrons. The van der Waals surface area contributed by atoms with Crippen LogP contribution in [-0.4, -0.2) is 49.5 Å². The highest BCUT2D eigenvalue weighted by molar-refractivity contribution is 6.33. The number of anilines is 2. The number of carbonyl (C=O) groups is 2. The average Bonchev–Trinajstić information content (AvgIpc) is 2.83. The van der Waals surface area contributed by atoms with Gasteiger partial charge >= 0.3 is 0 Å². The molecule has 0 saturated carbocycles. The average molecular weight is 472 g/mol. The molecular weight excluding hydrogens is 438 g/mol. The van der Waals surface area contributed by atoms with E-state index in [2.05, 4.69) is 24.1 Å². The lowest BCUT2D eigenvalue weighted by Crippen LogP contribution is -2.48. The minimum absolute atomic E-state index is 0.0736. The third-order valence-electron chi connectivity index (χ3n) is 6.10. The van der Waals surface area contributed by atoms with Gasteiger partial charge in [0.05, 0.1) is 10.7 Å². The van der Waals surface area contributed by atoms with E-state index in [1.165, 1.54) is 5.56 Å². The van der Waals surface area contributed by atoms with E-state index in [1.807, 2.05) is 48.2 Å². The van der Waals surface area contributed by atoms with Crippen molar-refractivity contribution >= 4 is 34.8 Å². The number of ether oxygens (including phenoxy) is 1. The minimum Gasteiger partial charge on any atom is -0.484 e. The molecule has 1 fully saturated rings. The fraction of sp³-hybridized carbons (Fsp3) is 0.462. The zero-order valence-electron chi connectivity index (χ0n) is 19.8. The van der Waals surface area contributed by atoms with Crippen LogP contribution in [0.25, 0.3) is 0 Å². The molecule has 2 aromatic rings. The van der Waals surface area contributed by atoms with Gasteiger partial charge in [-0.15, -0.1) is 0 Å². The highest BCUT2D eigenvalue weighted by Crippen LogP contribution is 2.30. The van der Waals surface area contributed by atoms with E-state index in [1.54, 1.807) is 6.07 Å². The summed E-state index contributed by atoms with van der Waals surface area (Å²) in [6, 6.07) is 13.4. The second kappa shape index (κ2) is 11.9. The van der Waals surface area contributed by atoms with Gasteiger partial charge in [0.15, 0.2) is 6.61 Å². The molecule has 1 aliphatic heterocycles. The summed E-state index contributed by atoms with van der Waals surface area (Å²) >= 11 is 6.52. The van der Waals surface area contributed by atoms with Crippen molar-refractivity contribution in [2.24, 2.45) is 0 Å². The van der Waals surface area contributed by atoms with Gasteiger partial charge in [-0.3, -0.25) is 9.59 Å². The Balaban J connectivity index is 1.50. The minimum atomic E-state index is -0.243. The van der Waals surface area contributed by atoms with Crippen molar-refractivity contribution < 1.29 is 14.3 Å². The van der Waals surface area contributed by atoms with Crippen LogP contribution < -0.4 is 15.0 Å². The van der Waals surface area contributed by atoms with E-state index in [0.717, 1.165) is 31.6 Å². The summed E-state index contributed by atoms with van der Waals surface area (Å²) in [5.41, 5.74) is 2.80. The Hall–Kier alpha value is -2.73. The number of amides is 2. The van der Waals surface area contributed by atoms with Crippen LogP contribution >= 0.6 is 11.6 Å². The second-order valence-corrected chi connectivity index (χ2v) is 8.91. The zero-order chi connectivity index (χ0) is 23.8. The van der Waals surface area contributed by atoms with Gasteiger partial charge in [-0.25, -0.2) is 0 Å². The summed E-state index contributed by atoms with van der Waals surface area (Å²) < 4.78 is 5.62. The molecule has 0 radical (unpaired) electrons. The molecule has 0 spiro atoms. The lowest BCUT2D eigenvalue weighted by molar-refractivity contribution is -0.131. The molecule has 0 aliphatic carbocycles. The van der Waals surface area contributed by atoms with Crippen LogP contribution in [0.4, 0.5) is 11.4 Å². The molecule has 6 nitrogen and oxygen atoms in total. The number of carbonyl (C=O) groups excluding carboxylic acids is 2. The summed E-state index contributed by atoms with van der Waals surface area (Å²) in [6.07, 6.45) is 2.55. The SMILES string of the molecule is CCCC(=O)N1CCN(c2ccc(NC(=O)COc3ccc([C@@H](C)CC)cc3)cc2Cl)CC1. The van der Waals surface area contributed by atoms with Gasteiger partial charge < -0.3 is 19.9 Å². The first-order chi connectivity index (χ1) is 15.9. The molecule has 1 atom stereocenters. The van der Waals surface area contributed by atoms with Crippen molar-refractivity contribution in [3.63, 3.8) is 0 Å². The quantitative estimate of drug-likeness (QED) is 0.537. The summed E-state index contributed by atoms with van der Waals surface area (Å²) in [5, 5.41) is 3.41. The molecule has 0 aromatic heterocycles. The summed E-state index contributed by atoms with van der Waals surface area (Å²) in [7, 11) is 0. The number of rotatable bonds is 9. The highest BCUT2D eigenvalue weighted by Gasteiger charge is 2.22. The third kappa shape index (κ3) is 6.87. The highest BCUT2D eigenvalue weighted by atomic mass is 35.5. The number of hydrogen-bond acceptors (Lipinski definition) is 4. The van der Waals surface area contributed by atoms with E-state index in [0.29, 0.717) is 41.9 Å². The molecule has 7 heteroatoms. The van der Waals surface area contributed by atoms with Gasteiger partial charge in [0.1, 0.15) is 5.75 Å². The molecule has 2 aromatic carbocycles. The van der Waals surface area contributed by atoms with Gasteiger partial charge in [-0.2, -0.15) is 0 Å². The largest absolute Gasteiger partial charge is 0.484 e. The Labute approximate surface area is 201 Å². The fourth-order valence-electron chi connectivity index (χ4n) is 3.88. The smallest absolute Gasteiger partial charge is 0.262 e. The fourth-order valence-corrected chi connectivity index (χ4v) is 4.18. The first-order valence-electron chi connectivity index (χ1n) is 11.8. The van der Waals surface area contributed by atoms with E-state index < -0.39 is 0 Å². The topological polar surface area (TPSA) is 61.9 Å². The lowest BCUT2D eigenvalue weighted by atomic mass is 9.99. The standard InChI is InChI=1S/C26H34ClN3O3/c1-4-6-26(32)30-15-13-29(14-16-30)24-12-9-21(17-23(24)27)28-25(31)18-33-22-10-7-20(8-11-22)19(3)5-2/h7-12,17,19H,4-6,13-16,18H2,1-3H3,(H,28,31)/t19-/m0/s1. The molecule has 3 rings (SSSR count). The molecule has 1 saturated heterocycles. The number of halogens is 1. The monoisotopic (exact) mass is 471 g/mol. The number of hydrogen-bond donors (Lipinski definition) is 1. The van der Waals surface area contributed by atoms with Crippen molar-refractivity contribution in [1.82, 2.24) is 4.90 Å². The Morgan fingerprint density at radius 3 is 2.36 bits per heavy atom. The maximum Gasteiger partial charge on any atom is 0.262 e. The van der Waals surface area contributed by atoms with E-state index in [-0.39, 0.29) is 18.4 Å². The molecule has 1 aliphatic rings. The molecule has 1 heterocycles.